The van der Waals surface area contributed by atoms with Crippen LogP contribution in [0.2, 0.25) is 0 Å². The van der Waals surface area contributed by atoms with E-state index in [2.05, 4.69) is 10.1 Å². The van der Waals surface area contributed by atoms with E-state index >= 15 is 0 Å². The van der Waals surface area contributed by atoms with E-state index in [-0.39, 0.29) is 5.75 Å². The number of halogens is 1. The SMILES string of the molecule is Nc1ccc(Oc2cc(-c3cnco3)cn3nccc23)c(F)c1. The second kappa shape index (κ2) is 5.13. The lowest BCUT2D eigenvalue weighted by Crippen LogP contribution is -1.95. The molecule has 23 heavy (non-hydrogen) atoms. The van der Waals surface area contributed by atoms with Crippen molar-refractivity contribution in [3.05, 3.63) is 61.1 Å². The van der Waals surface area contributed by atoms with E-state index in [9.17, 15) is 4.39 Å². The number of aromatic nitrogens is 3. The van der Waals surface area contributed by atoms with Crippen LogP contribution >= 0.6 is 0 Å². The van der Waals surface area contributed by atoms with Crippen LogP contribution in [-0.2, 0) is 0 Å². The van der Waals surface area contributed by atoms with Gasteiger partial charge in [0.25, 0.3) is 0 Å². The minimum atomic E-state index is -0.535. The molecule has 0 amide bonds. The Hall–Kier alpha value is -3.35. The van der Waals surface area contributed by atoms with Gasteiger partial charge in [0, 0.05) is 23.5 Å². The molecule has 0 unspecified atom stereocenters. The predicted molar refractivity (Wildman–Crippen MR) is 81.6 cm³/mol. The predicted octanol–water partition coefficient (Wildman–Crippen LogP) is 3.50. The Morgan fingerprint density at radius 3 is 2.87 bits per heavy atom. The summed E-state index contributed by atoms with van der Waals surface area (Å²) in [5.41, 5.74) is 7.30. The highest BCUT2D eigenvalue weighted by molar-refractivity contribution is 5.68. The Labute approximate surface area is 129 Å². The molecule has 114 valence electrons. The molecule has 0 bridgehead atoms. The molecule has 0 aliphatic carbocycles. The van der Waals surface area contributed by atoms with Gasteiger partial charge in [-0.05, 0) is 24.3 Å². The van der Waals surface area contributed by atoms with Gasteiger partial charge in [-0.2, -0.15) is 5.10 Å². The smallest absolute Gasteiger partial charge is 0.181 e. The van der Waals surface area contributed by atoms with E-state index in [0.29, 0.717) is 28.3 Å². The number of nitrogens with two attached hydrogens (primary N) is 1. The van der Waals surface area contributed by atoms with Crippen LogP contribution in [0.25, 0.3) is 16.8 Å². The third-order valence-corrected chi connectivity index (χ3v) is 3.36. The molecule has 4 aromatic rings. The van der Waals surface area contributed by atoms with Crippen molar-refractivity contribution in [3.63, 3.8) is 0 Å². The first kappa shape index (κ1) is 13.3. The number of benzene rings is 1. The normalized spacial score (nSPS) is 11.0. The summed E-state index contributed by atoms with van der Waals surface area (Å²) in [5.74, 6) is 0.551. The van der Waals surface area contributed by atoms with E-state index in [4.69, 9.17) is 14.9 Å². The average molecular weight is 310 g/mol. The summed E-state index contributed by atoms with van der Waals surface area (Å²) in [6.45, 7) is 0. The number of nitrogen functional groups attached to an aromatic ring is 1. The van der Waals surface area contributed by atoms with Gasteiger partial charge in [0.15, 0.2) is 29.5 Å². The van der Waals surface area contributed by atoms with Crippen molar-refractivity contribution < 1.29 is 13.5 Å². The lowest BCUT2D eigenvalue weighted by molar-refractivity contribution is 0.444. The van der Waals surface area contributed by atoms with Crippen molar-refractivity contribution in [3.8, 4) is 22.8 Å². The maximum Gasteiger partial charge on any atom is 0.181 e. The number of fused-ring (bicyclic) bond motifs is 1. The fraction of sp³-hybridized carbons (Fsp3) is 0. The van der Waals surface area contributed by atoms with Gasteiger partial charge in [-0.25, -0.2) is 13.9 Å². The van der Waals surface area contributed by atoms with Gasteiger partial charge >= 0.3 is 0 Å². The lowest BCUT2D eigenvalue weighted by atomic mass is 10.2. The van der Waals surface area contributed by atoms with Crippen LogP contribution in [0.3, 0.4) is 0 Å². The molecule has 3 heterocycles. The standard InChI is InChI=1S/C16H11FN4O2/c17-12-6-11(18)1-2-14(12)23-15-5-10(16-7-19-9-22-16)8-21-13(15)3-4-20-21/h1-9H,18H2. The van der Waals surface area contributed by atoms with Crippen LogP contribution in [0.5, 0.6) is 11.5 Å². The molecule has 0 saturated heterocycles. The maximum absolute atomic E-state index is 14.0. The second-order valence-corrected chi connectivity index (χ2v) is 4.91. The summed E-state index contributed by atoms with van der Waals surface area (Å²) < 4.78 is 26.6. The molecule has 3 aromatic heterocycles. The number of rotatable bonds is 3. The quantitative estimate of drug-likeness (QED) is 0.586. The van der Waals surface area contributed by atoms with Crippen LogP contribution in [-0.4, -0.2) is 14.6 Å². The average Bonchev–Trinajstić information content (AvgIpc) is 3.20. The fourth-order valence-corrected chi connectivity index (χ4v) is 2.29. The Morgan fingerprint density at radius 1 is 1.17 bits per heavy atom. The Morgan fingerprint density at radius 2 is 2.09 bits per heavy atom. The minimum absolute atomic E-state index is 0.0806. The molecule has 6 nitrogen and oxygen atoms in total. The number of anilines is 1. The molecule has 2 N–H and O–H groups in total. The maximum atomic E-state index is 14.0. The number of hydrogen-bond acceptors (Lipinski definition) is 5. The second-order valence-electron chi connectivity index (χ2n) is 4.91. The zero-order valence-electron chi connectivity index (χ0n) is 11.8. The molecule has 0 aliphatic rings. The molecule has 1 aromatic carbocycles. The summed E-state index contributed by atoms with van der Waals surface area (Å²) in [4.78, 5) is 3.89. The van der Waals surface area contributed by atoms with Crippen molar-refractivity contribution in [2.24, 2.45) is 0 Å². The number of nitrogens with zero attached hydrogens (tertiary/aromatic N) is 3. The topological polar surface area (TPSA) is 78.6 Å². The molecule has 0 saturated carbocycles. The molecule has 0 spiro atoms. The van der Waals surface area contributed by atoms with E-state index < -0.39 is 5.82 Å². The highest BCUT2D eigenvalue weighted by Gasteiger charge is 2.13. The van der Waals surface area contributed by atoms with Gasteiger partial charge in [0.2, 0.25) is 0 Å². The van der Waals surface area contributed by atoms with Gasteiger partial charge in [-0.3, -0.25) is 0 Å². The Balaban J connectivity index is 1.83. The van der Waals surface area contributed by atoms with Gasteiger partial charge in [0.05, 0.1) is 12.4 Å². The fourth-order valence-electron chi connectivity index (χ4n) is 2.29. The summed E-state index contributed by atoms with van der Waals surface area (Å²) in [6.07, 6.45) is 6.33. The monoisotopic (exact) mass is 310 g/mol. The lowest BCUT2D eigenvalue weighted by Gasteiger charge is -2.10. The third kappa shape index (κ3) is 2.38. The Kier molecular flexibility index (Phi) is 2.97. The van der Waals surface area contributed by atoms with E-state index in [1.54, 1.807) is 41.3 Å². The summed E-state index contributed by atoms with van der Waals surface area (Å²) in [5, 5.41) is 4.19. The molecule has 0 fully saturated rings. The molecular weight excluding hydrogens is 299 g/mol. The van der Waals surface area contributed by atoms with Crippen LogP contribution in [0.4, 0.5) is 10.1 Å². The third-order valence-electron chi connectivity index (χ3n) is 3.36. The number of oxazole rings is 1. The van der Waals surface area contributed by atoms with Crippen molar-refractivity contribution in [2.45, 2.75) is 0 Å². The first-order chi connectivity index (χ1) is 11.2. The minimum Gasteiger partial charge on any atom is -0.452 e. The van der Waals surface area contributed by atoms with E-state index in [0.717, 1.165) is 0 Å². The molecule has 4 rings (SSSR count). The molecule has 7 heteroatoms. The summed E-state index contributed by atoms with van der Waals surface area (Å²) in [6, 6.07) is 7.79. The van der Waals surface area contributed by atoms with Gasteiger partial charge in [0.1, 0.15) is 5.52 Å². The highest BCUT2D eigenvalue weighted by atomic mass is 19.1. The van der Waals surface area contributed by atoms with E-state index in [1.807, 2.05) is 0 Å². The van der Waals surface area contributed by atoms with Crippen LogP contribution in [0, 0.1) is 5.82 Å². The zero-order valence-corrected chi connectivity index (χ0v) is 11.8. The first-order valence-electron chi connectivity index (χ1n) is 6.80. The van der Waals surface area contributed by atoms with Gasteiger partial charge < -0.3 is 14.9 Å². The van der Waals surface area contributed by atoms with Crippen LogP contribution in [0.1, 0.15) is 0 Å². The molecule has 0 aliphatic heterocycles. The summed E-state index contributed by atoms with van der Waals surface area (Å²) >= 11 is 0. The number of pyridine rings is 1. The zero-order chi connectivity index (χ0) is 15.8. The van der Waals surface area contributed by atoms with Gasteiger partial charge in [-0.1, -0.05) is 0 Å². The first-order valence-corrected chi connectivity index (χ1v) is 6.80. The van der Waals surface area contributed by atoms with Crippen LogP contribution < -0.4 is 10.5 Å². The largest absolute Gasteiger partial charge is 0.452 e. The number of hydrogen-bond donors (Lipinski definition) is 1. The van der Waals surface area contributed by atoms with Crippen molar-refractivity contribution in [1.29, 1.82) is 0 Å². The molecule has 0 atom stereocenters. The summed E-state index contributed by atoms with van der Waals surface area (Å²) in [7, 11) is 0. The van der Waals surface area contributed by atoms with Gasteiger partial charge in [-0.15, -0.1) is 0 Å². The number of ether oxygens (including phenoxy) is 1. The highest BCUT2D eigenvalue weighted by Crippen LogP contribution is 2.32. The van der Waals surface area contributed by atoms with E-state index in [1.165, 1.54) is 18.5 Å². The molecular formula is C16H11FN4O2. The van der Waals surface area contributed by atoms with Crippen molar-refractivity contribution in [2.75, 3.05) is 5.73 Å². The molecule has 0 radical (unpaired) electrons. The van der Waals surface area contributed by atoms with Crippen molar-refractivity contribution >= 4 is 11.2 Å². The Bertz CT molecular complexity index is 979. The van der Waals surface area contributed by atoms with Crippen LogP contribution in [0.15, 0.2) is 59.7 Å². The van der Waals surface area contributed by atoms with Crippen molar-refractivity contribution in [1.82, 2.24) is 14.6 Å².